The topological polar surface area (TPSA) is 72.5 Å². The van der Waals surface area contributed by atoms with Crippen molar-refractivity contribution in [2.75, 3.05) is 11.9 Å². The Kier molecular flexibility index (Phi) is 5.00. The number of hydrogen-bond acceptors (Lipinski definition) is 5. The van der Waals surface area contributed by atoms with Gasteiger partial charge in [0.25, 0.3) is 5.91 Å². The highest BCUT2D eigenvalue weighted by molar-refractivity contribution is 7.15. The van der Waals surface area contributed by atoms with Gasteiger partial charge in [-0.05, 0) is 31.2 Å². The Balaban J connectivity index is 1.89. The predicted molar refractivity (Wildman–Crippen MR) is 79.6 cm³/mol. The summed E-state index contributed by atoms with van der Waals surface area (Å²) in [6, 6.07) is 8.64. The molecule has 0 saturated heterocycles. The van der Waals surface area contributed by atoms with E-state index in [-0.39, 0.29) is 16.3 Å². The second-order valence-corrected chi connectivity index (χ2v) is 5.41. The fraction of sp³-hybridized carbons (Fsp3) is 0.133. The van der Waals surface area contributed by atoms with Crippen LogP contribution in [0.5, 0.6) is 0 Å². The lowest BCUT2D eigenvalue weighted by Crippen LogP contribution is -2.21. The summed E-state index contributed by atoms with van der Waals surface area (Å²) in [6.45, 7) is 0.850. The van der Waals surface area contributed by atoms with Crippen LogP contribution in [-0.2, 0) is 9.53 Å². The minimum Gasteiger partial charge on any atom is -0.451 e. The Labute approximate surface area is 129 Å². The van der Waals surface area contributed by atoms with Gasteiger partial charge in [-0.15, -0.1) is 11.3 Å². The number of rotatable bonds is 5. The van der Waals surface area contributed by atoms with Gasteiger partial charge in [-0.2, -0.15) is 0 Å². The number of ketones is 1. The summed E-state index contributed by atoms with van der Waals surface area (Å²) >= 11 is 0.991. The highest BCUT2D eigenvalue weighted by Crippen LogP contribution is 2.18. The summed E-state index contributed by atoms with van der Waals surface area (Å²) in [5.74, 6) is -2.09. The minimum atomic E-state index is -0.707. The molecular weight excluding hydrogens is 309 g/mol. The van der Waals surface area contributed by atoms with E-state index in [0.717, 1.165) is 11.3 Å². The molecule has 1 amide bonds. The maximum atomic E-state index is 13.3. The van der Waals surface area contributed by atoms with E-state index >= 15 is 0 Å². The molecule has 114 valence electrons. The van der Waals surface area contributed by atoms with Crippen LogP contribution < -0.4 is 5.32 Å². The summed E-state index contributed by atoms with van der Waals surface area (Å²) in [4.78, 5) is 35.1. The van der Waals surface area contributed by atoms with Crippen LogP contribution in [0.15, 0.2) is 36.4 Å². The SMILES string of the molecule is CC(=O)c1ccc(C(=O)OCC(=O)Nc2ccccc2F)s1. The Morgan fingerprint density at radius 1 is 1.14 bits per heavy atom. The first-order chi connectivity index (χ1) is 10.5. The zero-order valence-corrected chi connectivity index (χ0v) is 12.4. The fourth-order valence-corrected chi connectivity index (χ4v) is 2.38. The van der Waals surface area contributed by atoms with E-state index < -0.39 is 24.3 Å². The zero-order chi connectivity index (χ0) is 16.1. The molecule has 22 heavy (non-hydrogen) atoms. The van der Waals surface area contributed by atoms with E-state index in [1.54, 1.807) is 6.07 Å². The molecular formula is C15H12FNO4S. The lowest BCUT2D eigenvalue weighted by atomic mass is 10.3. The molecule has 1 aromatic carbocycles. The molecule has 0 fully saturated rings. The summed E-state index contributed by atoms with van der Waals surface area (Å²) in [7, 11) is 0. The Morgan fingerprint density at radius 2 is 1.82 bits per heavy atom. The minimum absolute atomic E-state index is 0.0125. The van der Waals surface area contributed by atoms with Crippen molar-refractivity contribution in [1.29, 1.82) is 0 Å². The Morgan fingerprint density at radius 3 is 2.45 bits per heavy atom. The first-order valence-corrected chi connectivity index (χ1v) is 7.11. The molecule has 0 bridgehead atoms. The van der Waals surface area contributed by atoms with E-state index in [1.165, 1.54) is 37.3 Å². The van der Waals surface area contributed by atoms with Gasteiger partial charge in [-0.25, -0.2) is 9.18 Å². The number of nitrogens with one attached hydrogen (secondary N) is 1. The number of halogens is 1. The van der Waals surface area contributed by atoms with Gasteiger partial charge in [0.2, 0.25) is 0 Å². The van der Waals surface area contributed by atoms with Crippen LogP contribution in [-0.4, -0.2) is 24.3 Å². The van der Waals surface area contributed by atoms with Gasteiger partial charge in [0.05, 0.1) is 10.6 Å². The largest absolute Gasteiger partial charge is 0.451 e. The number of hydrogen-bond donors (Lipinski definition) is 1. The van der Waals surface area contributed by atoms with Crippen LogP contribution in [0.3, 0.4) is 0 Å². The number of thiophene rings is 1. The highest BCUT2D eigenvalue weighted by atomic mass is 32.1. The third-order valence-electron chi connectivity index (χ3n) is 2.64. The van der Waals surface area contributed by atoms with E-state index in [2.05, 4.69) is 5.32 Å². The molecule has 0 unspecified atom stereocenters. The van der Waals surface area contributed by atoms with Gasteiger partial charge >= 0.3 is 5.97 Å². The highest BCUT2D eigenvalue weighted by Gasteiger charge is 2.15. The number of esters is 1. The smallest absolute Gasteiger partial charge is 0.348 e. The van der Waals surface area contributed by atoms with E-state index in [9.17, 15) is 18.8 Å². The molecule has 2 aromatic rings. The Hall–Kier alpha value is -2.54. The quantitative estimate of drug-likeness (QED) is 0.679. The molecule has 2 rings (SSSR count). The lowest BCUT2D eigenvalue weighted by Gasteiger charge is -2.06. The monoisotopic (exact) mass is 321 g/mol. The lowest BCUT2D eigenvalue weighted by molar-refractivity contribution is -0.119. The van der Waals surface area contributed by atoms with Crippen LogP contribution in [0, 0.1) is 5.82 Å². The molecule has 0 spiro atoms. The number of benzene rings is 1. The maximum Gasteiger partial charge on any atom is 0.348 e. The van der Waals surface area contributed by atoms with Gasteiger partial charge in [-0.1, -0.05) is 12.1 Å². The van der Waals surface area contributed by atoms with Gasteiger partial charge < -0.3 is 10.1 Å². The maximum absolute atomic E-state index is 13.3. The van der Waals surface area contributed by atoms with Gasteiger partial charge in [0.15, 0.2) is 12.4 Å². The summed E-state index contributed by atoms with van der Waals surface area (Å²) < 4.78 is 18.2. The van der Waals surface area contributed by atoms with Crippen molar-refractivity contribution < 1.29 is 23.5 Å². The second kappa shape index (κ2) is 6.95. The number of amides is 1. The van der Waals surface area contributed by atoms with Crippen LogP contribution in [0.4, 0.5) is 10.1 Å². The molecule has 1 aromatic heterocycles. The molecule has 1 N–H and O–H groups in total. The first kappa shape index (κ1) is 15.8. The molecule has 0 atom stereocenters. The van der Waals surface area contributed by atoms with Crippen molar-refractivity contribution in [1.82, 2.24) is 0 Å². The van der Waals surface area contributed by atoms with E-state index in [1.807, 2.05) is 0 Å². The molecule has 5 nitrogen and oxygen atoms in total. The van der Waals surface area contributed by atoms with E-state index in [4.69, 9.17) is 4.74 Å². The van der Waals surface area contributed by atoms with Crippen LogP contribution in [0.1, 0.15) is 26.3 Å². The predicted octanol–water partition coefficient (Wildman–Crippen LogP) is 2.89. The van der Waals surface area contributed by atoms with Gasteiger partial charge in [-0.3, -0.25) is 9.59 Å². The summed E-state index contributed by atoms with van der Waals surface area (Å²) in [6.07, 6.45) is 0. The van der Waals surface area contributed by atoms with Gasteiger partial charge in [0.1, 0.15) is 10.7 Å². The number of Topliss-reactive ketones (excluding diaryl/α,β-unsaturated/α-hetero) is 1. The fourth-order valence-electron chi connectivity index (χ4n) is 1.59. The summed E-state index contributed by atoms with van der Waals surface area (Å²) in [5.41, 5.74) is 0.0125. The number of anilines is 1. The summed E-state index contributed by atoms with van der Waals surface area (Å²) in [5, 5.41) is 2.30. The zero-order valence-electron chi connectivity index (χ0n) is 11.6. The van der Waals surface area contributed by atoms with Crippen LogP contribution >= 0.6 is 11.3 Å². The average molecular weight is 321 g/mol. The molecule has 0 aliphatic heterocycles. The molecule has 7 heteroatoms. The number of para-hydroxylation sites is 1. The molecule has 0 aliphatic carbocycles. The van der Waals surface area contributed by atoms with E-state index in [0.29, 0.717) is 4.88 Å². The standard InChI is InChI=1S/C15H12FNO4S/c1-9(18)12-6-7-13(22-12)15(20)21-8-14(19)17-11-5-3-2-4-10(11)16/h2-7H,8H2,1H3,(H,17,19). The second-order valence-electron chi connectivity index (χ2n) is 4.32. The molecule has 0 aliphatic rings. The van der Waals surface area contributed by atoms with Crippen molar-refractivity contribution in [2.24, 2.45) is 0 Å². The number of carbonyl (C=O) groups is 3. The van der Waals surface area contributed by atoms with Crippen molar-refractivity contribution in [2.45, 2.75) is 6.92 Å². The van der Waals surface area contributed by atoms with Crippen molar-refractivity contribution >= 4 is 34.7 Å². The third kappa shape index (κ3) is 3.98. The van der Waals surface area contributed by atoms with Crippen LogP contribution in [0.25, 0.3) is 0 Å². The van der Waals surface area contributed by atoms with Crippen LogP contribution in [0.2, 0.25) is 0 Å². The molecule has 0 saturated carbocycles. The third-order valence-corrected chi connectivity index (χ3v) is 3.80. The first-order valence-electron chi connectivity index (χ1n) is 6.29. The number of carbonyl (C=O) groups excluding carboxylic acids is 3. The van der Waals surface area contributed by atoms with Gasteiger partial charge in [0, 0.05) is 0 Å². The molecule has 1 heterocycles. The van der Waals surface area contributed by atoms with Crippen molar-refractivity contribution in [3.8, 4) is 0 Å². The van der Waals surface area contributed by atoms with Crippen molar-refractivity contribution in [3.63, 3.8) is 0 Å². The molecule has 0 radical (unpaired) electrons. The Bertz CT molecular complexity index is 726. The average Bonchev–Trinajstić information content (AvgIpc) is 2.97. The number of ether oxygens (including phenoxy) is 1. The van der Waals surface area contributed by atoms with Crippen molar-refractivity contribution in [3.05, 3.63) is 52.0 Å². The normalized spacial score (nSPS) is 10.1.